The molecule has 0 spiro atoms. The molecule has 2 atom stereocenters. The molecule has 64 valence electrons. The number of ether oxygens (including phenoxy) is 1. The Morgan fingerprint density at radius 3 is 3.33 bits per heavy atom. The lowest BCUT2D eigenvalue weighted by molar-refractivity contribution is -0.140. The molecule has 0 bridgehead atoms. The van der Waals surface area contributed by atoms with Crippen molar-refractivity contribution >= 4 is 5.97 Å². The van der Waals surface area contributed by atoms with Gasteiger partial charge in [-0.05, 0) is 23.8 Å². The van der Waals surface area contributed by atoms with Crippen molar-refractivity contribution in [2.45, 2.75) is 13.3 Å². The van der Waals surface area contributed by atoms with Crippen LogP contribution < -0.4 is 0 Å². The third kappa shape index (κ3) is 1.42. The highest BCUT2D eigenvalue weighted by Gasteiger charge is 2.39. The molecule has 2 heteroatoms. The van der Waals surface area contributed by atoms with E-state index in [2.05, 4.69) is 18.2 Å². The van der Waals surface area contributed by atoms with Gasteiger partial charge in [0.2, 0.25) is 0 Å². The van der Waals surface area contributed by atoms with Crippen molar-refractivity contribution in [2.24, 2.45) is 11.8 Å². The van der Waals surface area contributed by atoms with Crippen molar-refractivity contribution in [3.05, 3.63) is 23.8 Å². The van der Waals surface area contributed by atoms with Crippen molar-refractivity contribution in [1.29, 1.82) is 0 Å². The van der Waals surface area contributed by atoms with Crippen LogP contribution in [0.5, 0.6) is 0 Å². The second kappa shape index (κ2) is 2.77. The molecular weight excluding hydrogens is 152 g/mol. The fourth-order valence-electron chi connectivity index (χ4n) is 1.64. The van der Waals surface area contributed by atoms with Crippen molar-refractivity contribution in [3.8, 4) is 0 Å². The number of carbonyl (C=O) groups excluding carboxylic acids is 1. The molecule has 0 heterocycles. The summed E-state index contributed by atoms with van der Waals surface area (Å²) in [7, 11) is 0. The quantitative estimate of drug-likeness (QED) is 0.580. The van der Waals surface area contributed by atoms with Gasteiger partial charge in [-0.25, -0.2) is 0 Å². The molecule has 0 aliphatic heterocycles. The van der Waals surface area contributed by atoms with Crippen molar-refractivity contribution in [1.82, 2.24) is 0 Å². The summed E-state index contributed by atoms with van der Waals surface area (Å²) < 4.78 is 4.94. The maximum atomic E-state index is 10.5. The lowest BCUT2D eigenvalue weighted by Crippen LogP contribution is -2.06. The van der Waals surface area contributed by atoms with Crippen LogP contribution in [0.2, 0.25) is 0 Å². The van der Waals surface area contributed by atoms with Gasteiger partial charge in [0, 0.05) is 6.92 Å². The molecule has 2 aliphatic carbocycles. The minimum absolute atomic E-state index is 0.192. The zero-order chi connectivity index (χ0) is 8.55. The van der Waals surface area contributed by atoms with Gasteiger partial charge in [0.05, 0.1) is 0 Å². The van der Waals surface area contributed by atoms with Crippen LogP contribution in [-0.2, 0) is 9.53 Å². The van der Waals surface area contributed by atoms with Gasteiger partial charge >= 0.3 is 5.97 Å². The third-order valence-corrected chi connectivity index (χ3v) is 2.43. The summed E-state index contributed by atoms with van der Waals surface area (Å²) in [5, 5.41) is 0. The molecule has 0 aromatic heterocycles. The highest BCUT2D eigenvalue weighted by atomic mass is 16.5. The molecule has 2 nitrogen and oxygen atoms in total. The van der Waals surface area contributed by atoms with Gasteiger partial charge in [0.25, 0.3) is 0 Å². The number of hydrogen-bond acceptors (Lipinski definition) is 2. The fraction of sp³-hybridized carbons (Fsp3) is 0.500. The fourth-order valence-corrected chi connectivity index (χ4v) is 1.64. The molecule has 0 radical (unpaired) electrons. The first-order valence-electron chi connectivity index (χ1n) is 4.28. The van der Waals surface area contributed by atoms with Gasteiger partial charge < -0.3 is 4.74 Å². The van der Waals surface area contributed by atoms with Gasteiger partial charge in [-0.2, -0.15) is 0 Å². The van der Waals surface area contributed by atoms with E-state index in [-0.39, 0.29) is 5.97 Å². The zero-order valence-corrected chi connectivity index (χ0v) is 7.12. The van der Waals surface area contributed by atoms with Crippen LogP contribution in [0.3, 0.4) is 0 Å². The van der Waals surface area contributed by atoms with Crippen molar-refractivity contribution in [3.63, 3.8) is 0 Å². The standard InChI is InChI=1S/C10H12O2/c1-7(11)12-6-9-4-2-3-8-5-10(8)9/h2-4,8,10H,5-6H2,1H3. The van der Waals surface area contributed by atoms with Crippen LogP contribution in [0.1, 0.15) is 13.3 Å². The van der Waals surface area contributed by atoms with E-state index in [4.69, 9.17) is 4.74 Å². The summed E-state index contributed by atoms with van der Waals surface area (Å²) in [6.45, 7) is 1.93. The first-order valence-corrected chi connectivity index (χ1v) is 4.28. The van der Waals surface area contributed by atoms with E-state index in [1.807, 2.05) is 0 Å². The highest BCUT2D eigenvalue weighted by molar-refractivity contribution is 5.66. The lowest BCUT2D eigenvalue weighted by atomic mass is 10.1. The number of esters is 1. The number of allylic oxidation sites excluding steroid dienone is 3. The second-order valence-electron chi connectivity index (χ2n) is 3.41. The minimum Gasteiger partial charge on any atom is -0.461 e. The van der Waals surface area contributed by atoms with E-state index < -0.39 is 0 Å². The monoisotopic (exact) mass is 164 g/mol. The molecule has 0 saturated heterocycles. The molecule has 2 rings (SSSR count). The Balaban J connectivity index is 1.91. The topological polar surface area (TPSA) is 26.3 Å². The van der Waals surface area contributed by atoms with Crippen LogP contribution in [0.25, 0.3) is 0 Å². The van der Waals surface area contributed by atoms with Gasteiger partial charge in [0.15, 0.2) is 0 Å². The molecule has 2 unspecified atom stereocenters. The Bertz CT molecular complexity index is 263. The average Bonchev–Trinajstić information content (AvgIpc) is 2.78. The summed E-state index contributed by atoms with van der Waals surface area (Å²) in [6, 6.07) is 0. The van der Waals surface area contributed by atoms with E-state index in [0.29, 0.717) is 12.5 Å². The number of rotatable bonds is 2. The SMILES string of the molecule is CC(=O)OCC1=CC=CC2CC12. The van der Waals surface area contributed by atoms with Crippen LogP contribution in [0.4, 0.5) is 0 Å². The largest absolute Gasteiger partial charge is 0.461 e. The van der Waals surface area contributed by atoms with E-state index in [0.717, 1.165) is 5.92 Å². The molecule has 2 aliphatic rings. The normalized spacial score (nSPS) is 30.6. The summed E-state index contributed by atoms with van der Waals surface area (Å²) in [6.07, 6.45) is 7.59. The second-order valence-corrected chi connectivity index (χ2v) is 3.41. The van der Waals surface area contributed by atoms with E-state index in [1.54, 1.807) is 0 Å². The Morgan fingerprint density at radius 2 is 2.58 bits per heavy atom. The van der Waals surface area contributed by atoms with Gasteiger partial charge in [-0.15, -0.1) is 0 Å². The van der Waals surface area contributed by atoms with Gasteiger partial charge in [-0.1, -0.05) is 18.2 Å². The first kappa shape index (κ1) is 7.59. The predicted octanol–water partition coefficient (Wildman–Crippen LogP) is 1.68. The maximum Gasteiger partial charge on any atom is 0.302 e. The smallest absolute Gasteiger partial charge is 0.302 e. The van der Waals surface area contributed by atoms with Crippen molar-refractivity contribution < 1.29 is 9.53 Å². The molecule has 1 fully saturated rings. The zero-order valence-electron chi connectivity index (χ0n) is 7.12. The molecule has 1 saturated carbocycles. The number of hydrogen-bond donors (Lipinski definition) is 0. The van der Waals surface area contributed by atoms with Gasteiger partial charge in [0.1, 0.15) is 6.61 Å². The Morgan fingerprint density at radius 1 is 1.75 bits per heavy atom. The summed E-state index contributed by atoms with van der Waals surface area (Å²) >= 11 is 0. The van der Waals surface area contributed by atoms with E-state index in [9.17, 15) is 4.79 Å². The van der Waals surface area contributed by atoms with Crippen LogP contribution >= 0.6 is 0 Å². The van der Waals surface area contributed by atoms with Gasteiger partial charge in [-0.3, -0.25) is 4.79 Å². The summed E-state index contributed by atoms with van der Waals surface area (Å²) in [4.78, 5) is 10.5. The van der Waals surface area contributed by atoms with E-state index in [1.165, 1.54) is 18.9 Å². The summed E-state index contributed by atoms with van der Waals surface area (Å²) in [5.74, 6) is 1.22. The number of fused-ring (bicyclic) bond motifs is 1. The molecule has 12 heavy (non-hydrogen) atoms. The lowest BCUT2D eigenvalue weighted by Gasteiger charge is -2.07. The third-order valence-electron chi connectivity index (χ3n) is 2.43. The van der Waals surface area contributed by atoms with Crippen LogP contribution in [0, 0.1) is 11.8 Å². The van der Waals surface area contributed by atoms with Crippen molar-refractivity contribution in [2.75, 3.05) is 6.61 Å². The van der Waals surface area contributed by atoms with Crippen LogP contribution in [-0.4, -0.2) is 12.6 Å². The van der Waals surface area contributed by atoms with E-state index >= 15 is 0 Å². The molecule has 0 aromatic rings. The molecular formula is C10H12O2. The van der Waals surface area contributed by atoms with Crippen LogP contribution in [0.15, 0.2) is 23.8 Å². The Kier molecular flexibility index (Phi) is 1.75. The highest BCUT2D eigenvalue weighted by Crippen LogP contribution is 2.47. The summed E-state index contributed by atoms with van der Waals surface area (Å²) in [5.41, 5.74) is 1.28. The first-order chi connectivity index (χ1) is 5.77. The Labute approximate surface area is 71.9 Å². The Hall–Kier alpha value is -1.05. The maximum absolute atomic E-state index is 10.5. The molecule has 0 N–H and O–H groups in total. The number of carbonyl (C=O) groups is 1. The predicted molar refractivity (Wildman–Crippen MR) is 45.5 cm³/mol. The average molecular weight is 164 g/mol. The molecule has 0 aromatic carbocycles. The molecule has 0 amide bonds. The minimum atomic E-state index is -0.192.